The summed E-state index contributed by atoms with van der Waals surface area (Å²) < 4.78 is 4.97. The zero-order chi connectivity index (χ0) is 14.5. The molecule has 0 aliphatic heterocycles. The van der Waals surface area contributed by atoms with Crippen molar-refractivity contribution < 1.29 is 9.53 Å². The van der Waals surface area contributed by atoms with Crippen LogP contribution in [0.1, 0.15) is 6.92 Å². The Bertz CT molecular complexity index is 593. The monoisotopic (exact) mass is 272 g/mol. The molecule has 0 saturated carbocycles. The third-order valence-corrected chi connectivity index (χ3v) is 3.30. The van der Waals surface area contributed by atoms with Crippen LogP contribution in [0.2, 0.25) is 0 Å². The molecule has 0 spiro atoms. The fourth-order valence-electron chi connectivity index (χ4n) is 2.34. The molecule has 20 heavy (non-hydrogen) atoms. The van der Waals surface area contributed by atoms with Crippen LogP contribution in [-0.4, -0.2) is 32.2 Å². The van der Waals surface area contributed by atoms with Gasteiger partial charge in [0.05, 0.1) is 12.3 Å². The van der Waals surface area contributed by atoms with Crippen molar-refractivity contribution in [1.82, 2.24) is 0 Å². The van der Waals surface area contributed by atoms with Crippen LogP contribution in [0.5, 0.6) is 0 Å². The van der Waals surface area contributed by atoms with Crippen LogP contribution in [0, 0.1) is 0 Å². The van der Waals surface area contributed by atoms with Gasteiger partial charge in [-0.3, -0.25) is 4.79 Å². The number of anilines is 1. The topological polar surface area (TPSA) is 55.6 Å². The SMILES string of the molecule is CCN(C(=O)C(N)COC)c1cccc2ccccc12. The third-order valence-electron chi connectivity index (χ3n) is 3.30. The smallest absolute Gasteiger partial charge is 0.246 e. The van der Waals surface area contributed by atoms with Gasteiger partial charge in [-0.25, -0.2) is 0 Å². The van der Waals surface area contributed by atoms with E-state index in [1.807, 2.05) is 49.4 Å². The largest absolute Gasteiger partial charge is 0.383 e. The van der Waals surface area contributed by atoms with Gasteiger partial charge >= 0.3 is 0 Å². The number of carbonyl (C=O) groups excluding carboxylic acids is 1. The minimum Gasteiger partial charge on any atom is -0.383 e. The van der Waals surface area contributed by atoms with E-state index < -0.39 is 6.04 Å². The number of nitrogens with zero attached hydrogens (tertiary/aromatic N) is 1. The zero-order valence-electron chi connectivity index (χ0n) is 11.9. The van der Waals surface area contributed by atoms with E-state index in [0.717, 1.165) is 16.5 Å². The predicted molar refractivity (Wildman–Crippen MR) is 81.8 cm³/mol. The Hall–Kier alpha value is -1.91. The summed E-state index contributed by atoms with van der Waals surface area (Å²) in [6.07, 6.45) is 0. The molecule has 1 unspecified atom stereocenters. The minimum atomic E-state index is -0.640. The Labute approximate surface area is 119 Å². The summed E-state index contributed by atoms with van der Waals surface area (Å²) in [5.74, 6) is -0.120. The molecule has 106 valence electrons. The Morgan fingerprint density at radius 2 is 1.95 bits per heavy atom. The van der Waals surface area contributed by atoms with Gasteiger partial charge in [-0.1, -0.05) is 36.4 Å². The van der Waals surface area contributed by atoms with E-state index in [9.17, 15) is 4.79 Å². The standard InChI is InChI=1S/C16H20N2O2/c1-3-18(16(19)14(17)11-20-2)15-10-6-8-12-7-4-5-9-13(12)15/h4-10,14H,3,11,17H2,1-2H3. The number of amides is 1. The van der Waals surface area contributed by atoms with E-state index in [0.29, 0.717) is 6.54 Å². The van der Waals surface area contributed by atoms with Gasteiger partial charge in [-0.05, 0) is 18.4 Å². The second-order valence-electron chi connectivity index (χ2n) is 4.64. The number of carbonyl (C=O) groups is 1. The molecule has 2 N–H and O–H groups in total. The van der Waals surface area contributed by atoms with Crippen LogP contribution < -0.4 is 10.6 Å². The number of methoxy groups -OCH3 is 1. The Balaban J connectivity index is 2.42. The van der Waals surface area contributed by atoms with E-state index in [2.05, 4.69) is 0 Å². The number of ether oxygens (including phenoxy) is 1. The van der Waals surface area contributed by atoms with Crippen molar-refractivity contribution in [3.8, 4) is 0 Å². The third kappa shape index (κ3) is 2.81. The van der Waals surface area contributed by atoms with Crippen molar-refractivity contribution in [1.29, 1.82) is 0 Å². The summed E-state index contributed by atoms with van der Waals surface area (Å²) in [6.45, 7) is 2.74. The maximum Gasteiger partial charge on any atom is 0.246 e. The van der Waals surface area contributed by atoms with Crippen molar-refractivity contribution in [3.05, 3.63) is 42.5 Å². The Morgan fingerprint density at radius 3 is 2.65 bits per heavy atom. The highest BCUT2D eigenvalue weighted by molar-refractivity contribution is 6.05. The van der Waals surface area contributed by atoms with Gasteiger partial charge < -0.3 is 15.4 Å². The molecule has 0 aliphatic carbocycles. The lowest BCUT2D eigenvalue weighted by molar-refractivity contribution is -0.120. The molecular weight excluding hydrogens is 252 g/mol. The van der Waals surface area contributed by atoms with Crippen molar-refractivity contribution >= 4 is 22.4 Å². The number of likely N-dealkylation sites (N-methyl/N-ethyl adjacent to an activating group) is 1. The maximum absolute atomic E-state index is 12.4. The van der Waals surface area contributed by atoms with E-state index >= 15 is 0 Å². The summed E-state index contributed by atoms with van der Waals surface area (Å²) >= 11 is 0. The van der Waals surface area contributed by atoms with Gasteiger partial charge in [0.25, 0.3) is 0 Å². The van der Waals surface area contributed by atoms with Crippen LogP contribution in [0.4, 0.5) is 5.69 Å². The van der Waals surface area contributed by atoms with E-state index in [-0.39, 0.29) is 12.5 Å². The highest BCUT2D eigenvalue weighted by Gasteiger charge is 2.22. The molecule has 0 aromatic heterocycles. The first-order valence-corrected chi connectivity index (χ1v) is 6.72. The molecule has 4 heteroatoms. The zero-order valence-corrected chi connectivity index (χ0v) is 11.9. The molecule has 2 aromatic carbocycles. The lowest BCUT2D eigenvalue weighted by Gasteiger charge is -2.25. The molecule has 0 saturated heterocycles. The van der Waals surface area contributed by atoms with Crippen molar-refractivity contribution in [2.75, 3.05) is 25.2 Å². The first kappa shape index (κ1) is 14.5. The van der Waals surface area contributed by atoms with Gasteiger partial charge in [0.1, 0.15) is 6.04 Å². The number of nitrogens with two attached hydrogens (primary N) is 1. The Morgan fingerprint density at radius 1 is 1.25 bits per heavy atom. The fraction of sp³-hybridized carbons (Fsp3) is 0.312. The van der Waals surface area contributed by atoms with E-state index in [1.165, 1.54) is 0 Å². The summed E-state index contributed by atoms with van der Waals surface area (Å²) in [7, 11) is 1.54. The molecule has 1 amide bonds. The highest BCUT2D eigenvalue weighted by atomic mass is 16.5. The molecule has 2 rings (SSSR count). The van der Waals surface area contributed by atoms with Crippen LogP contribution in [0.25, 0.3) is 10.8 Å². The summed E-state index contributed by atoms with van der Waals surface area (Å²) in [5.41, 5.74) is 6.76. The molecule has 2 aromatic rings. The molecule has 0 heterocycles. The summed E-state index contributed by atoms with van der Waals surface area (Å²) in [5, 5.41) is 2.16. The molecule has 0 fully saturated rings. The second-order valence-corrected chi connectivity index (χ2v) is 4.64. The van der Waals surface area contributed by atoms with E-state index in [1.54, 1.807) is 12.0 Å². The van der Waals surface area contributed by atoms with Gasteiger partial charge in [0, 0.05) is 19.0 Å². The average molecular weight is 272 g/mol. The van der Waals surface area contributed by atoms with E-state index in [4.69, 9.17) is 10.5 Å². The lowest BCUT2D eigenvalue weighted by Crippen LogP contribution is -2.46. The maximum atomic E-state index is 12.4. The van der Waals surface area contributed by atoms with Crippen LogP contribution in [-0.2, 0) is 9.53 Å². The second kappa shape index (κ2) is 6.50. The van der Waals surface area contributed by atoms with Crippen molar-refractivity contribution in [3.63, 3.8) is 0 Å². The minimum absolute atomic E-state index is 0.120. The van der Waals surface area contributed by atoms with Crippen LogP contribution in [0.15, 0.2) is 42.5 Å². The van der Waals surface area contributed by atoms with Gasteiger partial charge in [-0.15, -0.1) is 0 Å². The number of hydrogen-bond donors (Lipinski definition) is 1. The normalized spacial score (nSPS) is 12.3. The first-order chi connectivity index (χ1) is 9.69. The average Bonchev–Trinajstić information content (AvgIpc) is 2.48. The number of hydrogen-bond acceptors (Lipinski definition) is 3. The molecular formula is C16H20N2O2. The van der Waals surface area contributed by atoms with Crippen LogP contribution >= 0.6 is 0 Å². The lowest BCUT2D eigenvalue weighted by atomic mass is 10.1. The van der Waals surface area contributed by atoms with Gasteiger partial charge in [0.2, 0.25) is 5.91 Å². The molecule has 0 bridgehead atoms. The number of benzene rings is 2. The van der Waals surface area contributed by atoms with Crippen molar-refractivity contribution in [2.45, 2.75) is 13.0 Å². The van der Waals surface area contributed by atoms with Crippen molar-refractivity contribution in [2.24, 2.45) is 5.73 Å². The fourth-order valence-corrected chi connectivity index (χ4v) is 2.34. The van der Waals surface area contributed by atoms with Gasteiger partial charge in [-0.2, -0.15) is 0 Å². The first-order valence-electron chi connectivity index (χ1n) is 6.72. The molecule has 1 atom stereocenters. The van der Waals surface area contributed by atoms with Crippen LogP contribution in [0.3, 0.4) is 0 Å². The quantitative estimate of drug-likeness (QED) is 0.907. The summed E-state index contributed by atoms with van der Waals surface area (Å²) in [6, 6.07) is 13.3. The highest BCUT2D eigenvalue weighted by Crippen LogP contribution is 2.26. The molecule has 0 aliphatic rings. The van der Waals surface area contributed by atoms with Gasteiger partial charge in [0.15, 0.2) is 0 Å². The number of rotatable bonds is 5. The molecule has 0 radical (unpaired) electrons. The number of fused-ring (bicyclic) bond motifs is 1. The predicted octanol–water partition coefficient (Wildman–Crippen LogP) is 2.17. The molecule has 4 nitrogen and oxygen atoms in total. The summed E-state index contributed by atoms with van der Waals surface area (Å²) in [4.78, 5) is 14.1. The Kier molecular flexibility index (Phi) is 4.71.